The molecule has 0 rings (SSSR count). The molecule has 0 aliphatic heterocycles. The number of aliphatic hydroxyl groups excluding tert-OH is 1. The molecule has 2 heteroatoms. The van der Waals surface area contributed by atoms with Gasteiger partial charge in [-0.15, -0.1) is 0 Å². The standard InChI is InChI=1S/C11H25NO/c1-4-6-7-10(5-2)11(13)9(3)8-12/h9-11,13H,4-8,12H2,1-3H3. The molecule has 0 saturated heterocycles. The van der Waals surface area contributed by atoms with E-state index < -0.39 is 0 Å². The molecule has 0 heterocycles. The summed E-state index contributed by atoms with van der Waals surface area (Å²) in [4.78, 5) is 0. The van der Waals surface area contributed by atoms with Crippen LogP contribution in [-0.2, 0) is 0 Å². The first-order chi connectivity index (χ1) is 6.17. The molecule has 0 aliphatic carbocycles. The van der Waals surface area contributed by atoms with Gasteiger partial charge in [0.05, 0.1) is 6.10 Å². The molecule has 0 aromatic rings. The van der Waals surface area contributed by atoms with Crippen molar-refractivity contribution in [2.24, 2.45) is 17.6 Å². The first-order valence-electron chi connectivity index (χ1n) is 5.55. The summed E-state index contributed by atoms with van der Waals surface area (Å²) in [6.45, 7) is 6.95. The molecule has 0 aliphatic rings. The van der Waals surface area contributed by atoms with E-state index in [4.69, 9.17) is 5.73 Å². The molecule has 3 N–H and O–H groups in total. The maximum absolute atomic E-state index is 9.92. The van der Waals surface area contributed by atoms with Gasteiger partial charge in [-0.1, -0.05) is 40.0 Å². The molecular formula is C11H25NO. The van der Waals surface area contributed by atoms with Crippen LogP contribution >= 0.6 is 0 Å². The SMILES string of the molecule is CCCCC(CC)C(O)C(C)CN. The summed E-state index contributed by atoms with van der Waals surface area (Å²) in [5.41, 5.74) is 5.53. The molecule has 0 aromatic heterocycles. The van der Waals surface area contributed by atoms with Crippen LogP contribution in [0.25, 0.3) is 0 Å². The monoisotopic (exact) mass is 187 g/mol. The minimum Gasteiger partial charge on any atom is -0.393 e. The van der Waals surface area contributed by atoms with Crippen LogP contribution in [0.4, 0.5) is 0 Å². The molecule has 0 radical (unpaired) electrons. The van der Waals surface area contributed by atoms with Gasteiger partial charge in [0.25, 0.3) is 0 Å². The predicted octanol–water partition coefficient (Wildman–Crippen LogP) is 2.16. The van der Waals surface area contributed by atoms with Crippen molar-refractivity contribution in [3.8, 4) is 0 Å². The highest BCUT2D eigenvalue weighted by atomic mass is 16.3. The fraction of sp³-hybridized carbons (Fsp3) is 1.00. The van der Waals surface area contributed by atoms with Gasteiger partial charge in [-0.25, -0.2) is 0 Å². The van der Waals surface area contributed by atoms with E-state index in [2.05, 4.69) is 13.8 Å². The van der Waals surface area contributed by atoms with Crippen LogP contribution in [0.1, 0.15) is 46.5 Å². The summed E-state index contributed by atoms with van der Waals surface area (Å²) >= 11 is 0. The van der Waals surface area contributed by atoms with Crippen molar-refractivity contribution in [3.63, 3.8) is 0 Å². The van der Waals surface area contributed by atoms with E-state index in [9.17, 15) is 5.11 Å². The zero-order chi connectivity index (χ0) is 10.3. The van der Waals surface area contributed by atoms with E-state index in [1.54, 1.807) is 0 Å². The van der Waals surface area contributed by atoms with Crippen molar-refractivity contribution < 1.29 is 5.11 Å². The lowest BCUT2D eigenvalue weighted by atomic mass is 9.86. The van der Waals surface area contributed by atoms with E-state index in [0.717, 1.165) is 12.8 Å². The fourth-order valence-corrected chi connectivity index (χ4v) is 1.69. The molecule has 0 saturated carbocycles. The van der Waals surface area contributed by atoms with Gasteiger partial charge in [0.2, 0.25) is 0 Å². The lowest BCUT2D eigenvalue weighted by molar-refractivity contribution is 0.0536. The molecule has 13 heavy (non-hydrogen) atoms. The smallest absolute Gasteiger partial charge is 0.0605 e. The molecule has 0 aromatic carbocycles. The minimum atomic E-state index is -0.207. The lowest BCUT2D eigenvalue weighted by Crippen LogP contribution is -2.32. The zero-order valence-corrected chi connectivity index (χ0v) is 9.29. The largest absolute Gasteiger partial charge is 0.393 e. The first-order valence-corrected chi connectivity index (χ1v) is 5.55. The highest BCUT2D eigenvalue weighted by Crippen LogP contribution is 2.21. The van der Waals surface area contributed by atoms with Gasteiger partial charge in [-0.3, -0.25) is 0 Å². The van der Waals surface area contributed by atoms with Crippen molar-refractivity contribution in [2.45, 2.75) is 52.6 Å². The van der Waals surface area contributed by atoms with Crippen molar-refractivity contribution >= 4 is 0 Å². The molecule has 0 spiro atoms. The van der Waals surface area contributed by atoms with Gasteiger partial charge in [0.15, 0.2) is 0 Å². The Hall–Kier alpha value is -0.0800. The van der Waals surface area contributed by atoms with Crippen LogP contribution in [0, 0.1) is 11.8 Å². The van der Waals surface area contributed by atoms with Crippen LogP contribution in [-0.4, -0.2) is 17.8 Å². The predicted molar refractivity (Wildman–Crippen MR) is 57.5 cm³/mol. The van der Waals surface area contributed by atoms with Gasteiger partial charge in [-0.05, 0) is 24.8 Å². The first kappa shape index (κ1) is 12.9. The van der Waals surface area contributed by atoms with Gasteiger partial charge < -0.3 is 10.8 Å². The summed E-state index contributed by atoms with van der Waals surface area (Å²) in [7, 11) is 0. The van der Waals surface area contributed by atoms with Crippen molar-refractivity contribution in [1.82, 2.24) is 0 Å². The zero-order valence-electron chi connectivity index (χ0n) is 9.29. The Kier molecular flexibility index (Phi) is 7.29. The summed E-state index contributed by atoms with van der Waals surface area (Å²) in [5, 5.41) is 9.92. The minimum absolute atomic E-state index is 0.207. The average molecular weight is 187 g/mol. The number of aliphatic hydroxyl groups is 1. The number of rotatable bonds is 7. The Morgan fingerprint density at radius 1 is 1.31 bits per heavy atom. The van der Waals surface area contributed by atoms with Gasteiger partial charge in [0, 0.05) is 0 Å². The Labute approximate surface area is 82.5 Å². The third kappa shape index (κ3) is 4.63. The Balaban J connectivity index is 3.90. The maximum atomic E-state index is 9.92. The highest BCUT2D eigenvalue weighted by molar-refractivity contribution is 4.73. The number of nitrogens with two attached hydrogens (primary N) is 1. The van der Waals surface area contributed by atoms with E-state index in [0.29, 0.717) is 12.5 Å². The molecule has 0 amide bonds. The normalized spacial score (nSPS) is 18.2. The van der Waals surface area contributed by atoms with Gasteiger partial charge >= 0.3 is 0 Å². The Morgan fingerprint density at radius 3 is 2.31 bits per heavy atom. The molecule has 3 unspecified atom stereocenters. The summed E-state index contributed by atoms with van der Waals surface area (Å²) in [5.74, 6) is 0.681. The van der Waals surface area contributed by atoms with E-state index in [-0.39, 0.29) is 12.0 Å². The molecule has 0 bridgehead atoms. The second-order valence-electron chi connectivity index (χ2n) is 4.01. The average Bonchev–Trinajstić information content (AvgIpc) is 2.17. The van der Waals surface area contributed by atoms with E-state index in [1.807, 2.05) is 6.92 Å². The lowest BCUT2D eigenvalue weighted by Gasteiger charge is -2.25. The molecule has 2 nitrogen and oxygen atoms in total. The number of hydrogen-bond acceptors (Lipinski definition) is 2. The third-order valence-electron chi connectivity index (χ3n) is 2.89. The van der Waals surface area contributed by atoms with Crippen LogP contribution in [0.5, 0.6) is 0 Å². The van der Waals surface area contributed by atoms with E-state index >= 15 is 0 Å². The summed E-state index contributed by atoms with van der Waals surface area (Å²) < 4.78 is 0. The van der Waals surface area contributed by atoms with Crippen LogP contribution < -0.4 is 5.73 Å². The molecule has 3 atom stereocenters. The summed E-state index contributed by atoms with van der Waals surface area (Å²) in [6.07, 6.45) is 4.42. The Morgan fingerprint density at radius 2 is 1.92 bits per heavy atom. The quantitative estimate of drug-likeness (QED) is 0.641. The molecule has 0 fully saturated rings. The van der Waals surface area contributed by atoms with Gasteiger partial charge in [-0.2, -0.15) is 0 Å². The maximum Gasteiger partial charge on any atom is 0.0605 e. The second kappa shape index (κ2) is 7.34. The van der Waals surface area contributed by atoms with E-state index in [1.165, 1.54) is 12.8 Å². The Bertz CT molecular complexity index is 117. The van der Waals surface area contributed by atoms with Crippen LogP contribution in [0.3, 0.4) is 0 Å². The topological polar surface area (TPSA) is 46.2 Å². The number of hydrogen-bond donors (Lipinski definition) is 2. The van der Waals surface area contributed by atoms with Crippen molar-refractivity contribution in [2.75, 3.05) is 6.54 Å². The van der Waals surface area contributed by atoms with Gasteiger partial charge in [0.1, 0.15) is 0 Å². The molecule has 80 valence electrons. The van der Waals surface area contributed by atoms with Crippen molar-refractivity contribution in [1.29, 1.82) is 0 Å². The van der Waals surface area contributed by atoms with Crippen LogP contribution in [0.2, 0.25) is 0 Å². The molecular weight excluding hydrogens is 162 g/mol. The summed E-state index contributed by atoms with van der Waals surface area (Å²) in [6, 6.07) is 0. The second-order valence-corrected chi connectivity index (χ2v) is 4.01. The number of unbranched alkanes of at least 4 members (excludes halogenated alkanes) is 1. The highest BCUT2D eigenvalue weighted by Gasteiger charge is 2.21. The third-order valence-corrected chi connectivity index (χ3v) is 2.89. The van der Waals surface area contributed by atoms with Crippen LogP contribution in [0.15, 0.2) is 0 Å². The van der Waals surface area contributed by atoms with Crippen molar-refractivity contribution in [3.05, 3.63) is 0 Å². The fourth-order valence-electron chi connectivity index (χ4n) is 1.69.